The van der Waals surface area contributed by atoms with Crippen LogP contribution in [0.25, 0.3) is 0 Å². The second kappa shape index (κ2) is 11.1. The van der Waals surface area contributed by atoms with E-state index in [0.29, 0.717) is 16.9 Å². The fourth-order valence-corrected chi connectivity index (χ4v) is 3.88. The summed E-state index contributed by atoms with van der Waals surface area (Å²) in [5, 5.41) is 24.9. The molecule has 0 spiro atoms. The molecule has 38 heavy (non-hydrogen) atoms. The minimum absolute atomic E-state index is 0.128. The number of rotatable bonds is 8. The van der Waals surface area contributed by atoms with Gasteiger partial charge in [-0.15, -0.1) is 0 Å². The summed E-state index contributed by atoms with van der Waals surface area (Å²) in [6.07, 6.45) is 0. The largest absolute Gasteiger partial charge is 0.324 e. The molecule has 0 aliphatic carbocycles. The number of nitrogens with zero attached hydrogens (tertiary/aromatic N) is 3. The fraction of sp³-hybridized carbons (Fsp3) is 0.0714. The molecule has 0 fully saturated rings. The number of benzene rings is 4. The van der Waals surface area contributed by atoms with Crippen LogP contribution in [0.2, 0.25) is 0 Å². The van der Waals surface area contributed by atoms with E-state index < -0.39 is 27.7 Å². The van der Waals surface area contributed by atoms with Crippen molar-refractivity contribution in [2.24, 2.45) is 0 Å². The van der Waals surface area contributed by atoms with Crippen molar-refractivity contribution in [1.29, 1.82) is 0 Å². The SMILES string of the molecule is Cc1ccc(N(C(=O)c2ccc([N+](=O)[O-])cc2)C(C(=O)Nc2ccc([N+](=O)[O-])cc2)c2ccccc2)cc1. The van der Waals surface area contributed by atoms with Gasteiger partial charge < -0.3 is 5.32 Å². The molecular formula is C28H22N4O6. The molecule has 0 radical (unpaired) electrons. The number of carbonyl (C=O) groups excluding carboxylic acids is 2. The van der Waals surface area contributed by atoms with E-state index in [1.54, 1.807) is 42.5 Å². The quantitative estimate of drug-likeness (QED) is 0.234. The van der Waals surface area contributed by atoms with Crippen molar-refractivity contribution >= 4 is 34.6 Å². The van der Waals surface area contributed by atoms with Crippen LogP contribution in [0.5, 0.6) is 0 Å². The molecule has 10 nitrogen and oxygen atoms in total. The third-order valence-corrected chi connectivity index (χ3v) is 5.82. The average molecular weight is 511 g/mol. The fourth-order valence-electron chi connectivity index (χ4n) is 3.88. The van der Waals surface area contributed by atoms with Crippen molar-refractivity contribution in [2.45, 2.75) is 13.0 Å². The zero-order valence-corrected chi connectivity index (χ0v) is 20.2. The number of hydrogen-bond donors (Lipinski definition) is 1. The molecule has 1 atom stereocenters. The highest BCUT2D eigenvalue weighted by Gasteiger charge is 2.33. The topological polar surface area (TPSA) is 136 Å². The Bertz CT molecular complexity index is 1470. The van der Waals surface area contributed by atoms with Crippen molar-refractivity contribution in [1.82, 2.24) is 0 Å². The smallest absolute Gasteiger partial charge is 0.269 e. The maximum Gasteiger partial charge on any atom is 0.269 e. The highest BCUT2D eigenvalue weighted by Crippen LogP contribution is 2.31. The van der Waals surface area contributed by atoms with Crippen LogP contribution in [0.4, 0.5) is 22.7 Å². The Labute approximate surface area is 217 Å². The van der Waals surface area contributed by atoms with E-state index in [2.05, 4.69) is 5.32 Å². The Hall–Kier alpha value is -5.38. The van der Waals surface area contributed by atoms with Crippen molar-refractivity contribution in [3.8, 4) is 0 Å². The number of anilines is 2. The van der Waals surface area contributed by atoms with Crippen LogP contribution >= 0.6 is 0 Å². The number of hydrogen-bond acceptors (Lipinski definition) is 6. The molecule has 10 heteroatoms. The third-order valence-electron chi connectivity index (χ3n) is 5.82. The van der Waals surface area contributed by atoms with Gasteiger partial charge in [0.05, 0.1) is 9.85 Å². The number of nitro benzene ring substituents is 2. The lowest BCUT2D eigenvalue weighted by molar-refractivity contribution is -0.385. The van der Waals surface area contributed by atoms with Crippen molar-refractivity contribution in [3.05, 3.63) is 140 Å². The predicted molar refractivity (Wildman–Crippen MR) is 142 cm³/mol. The standard InChI is InChI=1S/C28H22N4O6/c1-19-7-13-23(14-8-19)30(28(34)21-9-15-24(16-10-21)31(35)36)26(20-5-3-2-4-6-20)27(33)29-22-11-17-25(18-12-22)32(37)38/h2-18,26H,1H3,(H,29,33). The van der Waals surface area contributed by atoms with Gasteiger partial charge in [0.25, 0.3) is 23.2 Å². The number of carbonyl (C=O) groups is 2. The molecule has 4 aromatic carbocycles. The van der Waals surface area contributed by atoms with E-state index in [4.69, 9.17) is 0 Å². The van der Waals surface area contributed by atoms with E-state index in [1.165, 1.54) is 53.4 Å². The lowest BCUT2D eigenvalue weighted by Crippen LogP contribution is -2.41. The second-order valence-electron chi connectivity index (χ2n) is 8.42. The summed E-state index contributed by atoms with van der Waals surface area (Å²) in [6, 6.07) is 25.1. The van der Waals surface area contributed by atoms with E-state index >= 15 is 0 Å². The van der Waals surface area contributed by atoms with Gasteiger partial charge in [0.1, 0.15) is 6.04 Å². The van der Waals surface area contributed by atoms with E-state index in [-0.39, 0.29) is 16.9 Å². The Kier molecular flexibility index (Phi) is 7.53. The van der Waals surface area contributed by atoms with Gasteiger partial charge in [-0.1, -0.05) is 48.0 Å². The van der Waals surface area contributed by atoms with Crippen LogP contribution in [0.15, 0.2) is 103 Å². The minimum Gasteiger partial charge on any atom is -0.324 e. The van der Waals surface area contributed by atoms with Gasteiger partial charge in [-0.25, -0.2) is 0 Å². The predicted octanol–water partition coefficient (Wildman–Crippen LogP) is 5.84. The molecular weight excluding hydrogens is 488 g/mol. The molecule has 1 unspecified atom stereocenters. The molecule has 190 valence electrons. The lowest BCUT2D eigenvalue weighted by Gasteiger charge is -2.31. The van der Waals surface area contributed by atoms with Crippen LogP contribution in [0.3, 0.4) is 0 Å². The third kappa shape index (κ3) is 5.71. The highest BCUT2D eigenvalue weighted by atomic mass is 16.6. The van der Waals surface area contributed by atoms with Crippen LogP contribution in [0, 0.1) is 27.2 Å². The molecule has 4 rings (SSSR count). The Morgan fingerprint density at radius 3 is 1.79 bits per heavy atom. The molecule has 0 bridgehead atoms. The molecule has 0 heterocycles. The van der Waals surface area contributed by atoms with Gasteiger partial charge in [-0.05, 0) is 48.9 Å². The number of nitrogens with one attached hydrogen (secondary N) is 1. The van der Waals surface area contributed by atoms with E-state index in [0.717, 1.165) is 5.56 Å². The van der Waals surface area contributed by atoms with Crippen LogP contribution in [-0.4, -0.2) is 21.7 Å². The lowest BCUT2D eigenvalue weighted by atomic mass is 10.0. The molecule has 2 amide bonds. The van der Waals surface area contributed by atoms with Crippen LogP contribution in [-0.2, 0) is 4.79 Å². The Morgan fingerprint density at radius 1 is 0.737 bits per heavy atom. The molecule has 0 aliphatic heterocycles. The Balaban J connectivity index is 1.79. The number of amides is 2. The maximum atomic E-state index is 13.9. The van der Waals surface area contributed by atoms with Gasteiger partial charge in [0.2, 0.25) is 0 Å². The summed E-state index contributed by atoms with van der Waals surface area (Å²) in [6.45, 7) is 1.89. The van der Waals surface area contributed by atoms with Crippen molar-refractivity contribution in [3.63, 3.8) is 0 Å². The molecule has 1 N–H and O–H groups in total. The van der Waals surface area contributed by atoms with Gasteiger partial charge in [-0.2, -0.15) is 0 Å². The van der Waals surface area contributed by atoms with Gasteiger partial charge in [0.15, 0.2) is 0 Å². The molecule has 0 aliphatic rings. The average Bonchev–Trinajstić information content (AvgIpc) is 2.92. The maximum absolute atomic E-state index is 13.9. The summed E-state index contributed by atoms with van der Waals surface area (Å²) in [5.74, 6) is -1.10. The molecule has 0 saturated heterocycles. The summed E-state index contributed by atoms with van der Waals surface area (Å²) < 4.78 is 0. The van der Waals surface area contributed by atoms with Gasteiger partial charge in [-0.3, -0.25) is 34.7 Å². The Morgan fingerprint density at radius 2 is 1.26 bits per heavy atom. The van der Waals surface area contributed by atoms with Crippen molar-refractivity contribution < 1.29 is 19.4 Å². The normalized spacial score (nSPS) is 11.3. The molecule has 0 aromatic heterocycles. The summed E-state index contributed by atoms with van der Waals surface area (Å²) in [7, 11) is 0. The van der Waals surface area contributed by atoms with Crippen molar-refractivity contribution in [2.75, 3.05) is 10.2 Å². The highest BCUT2D eigenvalue weighted by molar-refractivity contribution is 6.12. The van der Waals surface area contributed by atoms with Gasteiger partial charge in [0, 0.05) is 41.2 Å². The number of aryl methyl sites for hydroxylation is 1. The first kappa shape index (κ1) is 25.7. The van der Waals surface area contributed by atoms with E-state index in [1.807, 2.05) is 19.1 Å². The number of nitro groups is 2. The zero-order chi connectivity index (χ0) is 27.2. The molecule has 4 aromatic rings. The van der Waals surface area contributed by atoms with Crippen LogP contribution < -0.4 is 10.2 Å². The second-order valence-corrected chi connectivity index (χ2v) is 8.42. The zero-order valence-electron chi connectivity index (χ0n) is 20.2. The first-order chi connectivity index (χ1) is 18.2. The first-order valence-corrected chi connectivity index (χ1v) is 11.5. The van der Waals surface area contributed by atoms with E-state index in [9.17, 15) is 29.8 Å². The van der Waals surface area contributed by atoms with Crippen LogP contribution in [0.1, 0.15) is 27.5 Å². The number of non-ortho nitro benzene ring substituents is 2. The minimum atomic E-state index is -1.14. The molecule has 0 saturated carbocycles. The monoisotopic (exact) mass is 510 g/mol. The summed E-state index contributed by atoms with van der Waals surface area (Å²) >= 11 is 0. The first-order valence-electron chi connectivity index (χ1n) is 11.5. The summed E-state index contributed by atoms with van der Waals surface area (Å²) in [5.41, 5.74) is 2.07. The van der Waals surface area contributed by atoms with Gasteiger partial charge >= 0.3 is 0 Å². The summed E-state index contributed by atoms with van der Waals surface area (Å²) in [4.78, 5) is 50.0.